The molecule has 0 atom stereocenters. The van der Waals surface area contributed by atoms with E-state index in [1.165, 1.54) is 22.4 Å². The highest BCUT2D eigenvalue weighted by Crippen LogP contribution is 2.21. The van der Waals surface area contributed by atoms with E-state index < -0.39 is 0 Å². The van der Waals surface area contributed by atoms with Crippen LogP contribution in [0.5, 0.6) is 0 Å². The van der Waals surface area contributed by atoms with Crippen molar-refractivity contribution in [3.05, 3.63) is 52.5 Å². The van der Waals surface area contributed by atoms with Crippen molar-refractivity contribution in [3.63, 3.8) is 0 Å². The molecule has 0 radical (unpaired) electrons. The van der Waals surface area contributed by atoms with Crippen molar-refractivity contribution in [1.82, 2.24) is 5.32 Å². The SMILES string of the molecule is CCNCc1oc(CN(C)c2cc(C)cc(C)c2)cc1C. The van der Waals surface area contributed by atoms with Gasteiger partial charge in [-0.15, -0.1) is 0 Å². The highest BCUT2D eigenvalue weighted by Gasteiger charge is 2.10. The van der Waals surface area contributed by atoms with Gasteiger partial charge in [0.1, 0.15) is 11.5 Å². The van der Waals surface area contributed by atoms with Crippen LogP contribution in [-0.2, 0) is 13.1 Å². The number of hydrogen-bond donors (Lipinski definition) is 1. The molecule has 0 aliphatic rings. The summed E-state index contributed by atoms with van der Waals surface area (Å²) in [5.74, 6) is 2.06. The van der Waals surface area contributed by atoms with E-state index in [4.69, 9.17) is 4.42 Å². The van der Waals surface area contributed by atoms with Crippen molar-refractivity contribution >= 4 is 5.69 Å². The van der Waals surface area contributed by atoms with E-state index in [1.807, 2.05) is 0 Å². The molecule has 0 aliphatic carbocycles. The molecule has 1 aromatic heterocycles. The van der Waals surface area contributed by atoms with Gasteiger partial charge < -0.3 is 14.6 Å². The van der Waals surface area contributed by atoms with Gasteiger partial charge in [0.15, 0.2) is 0 Å². The first-order valence-electron chi connectivity index (χ1n) is 7.58. The molecule has 1 aromatic carbocycles. The van der Waals surface area contributed by atoms with Crippen LogP contribution < -0.4 is 10.2 Å². The molecule has 0 saturated carbocycles. The molecular weight excluding hydrogens is 260 g/mol. The summed E-state index contributed by atoms with van der Waals surface area (Å²) >= 11 is 0. The standard InChI is InChI=1S/C18H26N2O/c1-6-19-11-18-15(4)10-17(21-18)12-20(5)16-8-13(2)7-14(3)9-16/h7-10,19H,6,11-12H2,1-5H3. The highest BCUT2D eigenvalue weighted by molar-refractivity contribution is 5.50. The molecular formula is C18H26N2O. The second-order valence-electron chi connectivity index (χ2n) is 5.80. The molecule has 114 valence electrons. The summed E-state index contributed by atoms with van der Waals surface area (Å²) in [5, 5.41) is 3.31. The summed E-state index contributed by atoms with van der Waals surface area (Å²) in [6.45, 7) is 11.0. The van der Waals surface area contributed by atoms with Crippen molar-refractivity contribution in [2.45, 2.75) is 40.8 Å². The fraction of sp³-hybridized carbons (Fsp3) is 0.444. The number of furan rings is 1. The minimum absolute atomic E-state index is 0.788. The lowest BCUT2D eigenvalue weighted by Crippen LogP contribution is -2.16. The molecule has 1 N–H and O–H groups in total. The maximum Gasteiger partial charge on any atom is 0.123 e. The summed E-state index contributed by atoms with van der Waals surface area (Å²) < 4.78 is 5.96. The minimum atomic E-state index is 0.788. The van der Waals surface area contributed by atoms with Gasteiger partial charge in [0.25, 0.3) is 0 Å². The number of nitrogens with one attached hydrogen (secondary N) is 1. The molecule has 2 rings (SSSR count). The molecule has 21 heavy (non-hydrogen) atoms. The lowest BCUT2D eigenvalue weighted by molar-refractivity contribution is 0.446. The van der Waals surface area contributed by atoms with E-state index in [0.717, 1.165) is 31.2 Å². The van der Waals surface area contributed by atoms with Crippen molar-refractivity contribution in [2.75, 3.05) is 18.5 Å². The number of anilines is 1. The summed E-state index contributed by atoms with van der Waals surface area (Å²) in [6.07, 6.45) is 0. The molecule has 0 fully saturated rings. The van der Waals surface area contributed by atoms with Gasteiger partial charge in [0.2, 0.25) is 0 Å². The fourth-order valence-electron chi connectivity index (χ4n) is 2.58. The van der Waals surface area contributed by atoms with E-state index in [-0.39, 0.29) is 0 Å². The van der Waals surface area contributed by atoms with Crippen molar-refractivity contribution < 1.29 is 4.42 Å². The number of benzene rings is 1. The van der Waals surface area contributed by atoms with Crippen LogP contribution in [0, 0.1) is 20.8 Å². The zero-order chi connectivity index (χ0) is 15.4. The van der Waals surface area contributed by atoms with Gasteiger partial charge in [-0.25, -0.2) is 0 Å². The lowest BCUT2D eigenvalue weighted by atomic mass is 10.1. The average Bonchev–Trinajstić information content (AvgIpc) is 2.75. The van der Waals surface area contributed by atoms with Crippen LogP contribution in [0.4, 0.5) is 5.69 Å². The van der Waals surface area contributed by atoms with Crippen LogP contribution >= 0.6 is 0 Å². The van der Waals surface area contributed by atoms with E-state index in [0.29, 0.717) is 0 Å². The summed E-state index contributed by atoms with van der Waals surface area (Å²) in [5.41, 5.74) is 5.04. The summed E-state index contributed by atoms with van der Waals surface area (Å²) in [4.78, 5) is 2.23. The largest absolute Gasteiger partial charge is 0.463 e. The highest BCUT2D eigenvalue weighted by atomic mass is 16.3. The number of hydrogen-bond acceptors (Lipinski definition) is 3. The van der Waals surface area contributed by atoms with E-state index in [9.17, 15) is 0 Å². The molecule has 0 spiro atoms. The Balaban J connectivity index is 2.10. The second kappa shape index (κ2) is 6.81. The second-order valence-corrected chi connectivity index (χ2v) is 5.80. The quantitative estimate of drug-likeness (QED) is 0.871. The van der Waals surface area contributed by atoms with Gasteiger partial charge in [-0.05, 0) is 62.2 Å². The molecule has 3 heteroatoms. The zero-order valence-electron chi connectivity index (χ0n) is 13.8. The third-order valence-corrected chi connectivity index (χ3v) is 3.65. The van der Waals surface area contributed by atoms with Gasteiger partial charge in [0, 0.05) is 12.7 Å². The fourth-order valence-corrected chi connectivity index (χ4v) is 2.58. The maximum absolute atomic E-state index is 5.96. The third kappa shape index (κ3) is 4.11. The van der Waals surface area contributed by atoms with Gasteiger partial charge in [-0.2, -0.15) is 0 Å². The molecule has 0 amide bonds. The number of nitrogens with zero attached hydrogens (tertiary/aromatic N) is 1. The first-order valence-corrected chi connectivity index (χ1v) is 7.58. The molecule has 3 nitrogen and oxygen atoms in total. The predicted octanol–water partition coefficient (Wildman–Crippen LogP) is 3.95. The van der Waals surface area contributed by atoms with Crippen molar-refractivity contribution in [2.24, 2.45) is 0 Å². The van der Waals surface area contributed by atoms with Crippen LogP contribution in [0.2, 0.25) is 0 Å². The molecule has 2 aromatic rings. The molecule has 0 aliphatic heterocycles. The average molecular weight is 286 g/mol. The summed E-state index contributed by atoms with van der Waals surface area (Å²) in [7, 11) is 2.11. The van der Waals surface area contributed by atoms with Gasteiger partial charge in [-0.3, -0.25) is 0 Å². The Bertz CT molecular complexity index is 581. The monoisotopic (exact) mass is 286 g/mol. The number of rotatable bonds is 6. The molecule has 0 saturated heterocycles. The normalized spacial score (nSPS) is 10.9. The van der Waals surface area contributed by atoms with Crippen LogP contribution in [0.3, 0.4) is 0 Å². The van der Waals surface area contributed by atoms with Gasteiger partial charge in [-0.1, -0.05) is 13.0 Å². The van der Waals surface area contributed by atoms with E-state index >= 15 is 0 Å². The van der Waals surface area contributed by atoms with Gasteiger partial charge >= 0.3 is 0 Å². The van der Waals surface area contributed by atoms with Crippen molar-refractivity contribution in [1.29, 1.82) is 0 Å². The summed E-state index contributed by atoms with van der Waals surface area (Å²) in [6, 6.07) is 8.76. The Morgan fingerprint density at radius 2 is 1.71 bits per heavy atom. The lowest BCUT2D eigenvalue weighted by Gasteiger charge is -2.19. The predicted molar refractivity (Wildman–Crippen MR) is 88.8 cm³/mol. The van der Waals surface area contributed by atoms with E-state index in [1.54, 1.807) is 0 Å². The Morgan fingerprint density at radius 3 is 2.33 bits per heavy atom. The Kier molecular flexibility index (Phi) is 5.07. The van der Waals surface area contributed by atoms with Crippen LogP contribution in [-0.4, -0.2) is 13.6 Å². The third-order valence-electron chi connectivity index (χ3n) is 3.65. The van der Waals surface area contributed by atoms with Crippen LogP contribution in [0.25, 0.3) is 0 Å². The topological polar surface area (TPSA) is 28.4 Å². The van der Waals surface area contributed by atoms with Crippen molar-refractivity contribution in [3.8, 4) is 0 Å². The Labute approximate surface area is 128 Å². The first-order chi connectivity index (χ1) is 9.99. The van der Waals surface area contributed by atoms with E-state index in [2.05, 4.69) is 69.2 Å². The first kappa shape index (κ1) is 15.6. The Hall–Kier alpha value is -1.74. The molecule has 1 heterocycles. The van der Waals surface area contributed by atoms with Crippen LogP contribution in [0.1, 0.15) is 35.1 Å². The minimum Gasteiger partial charge on any atom is -0.463 e. The van der Waals surface area contributed by atoms with Gasteiger partial charge in [0.05, 0.1) is 13.1 Å². The zero-order valence-corrected chi connectivity index (χ0v) is 13.8. The molecule has 0 bridgehead atoms. The number of aryl methyl sites for hydroxylation is 3. The smallest absolute Gasteiger partial charge is 0.123 e. The van der Waals surface area contributed by atoms with Crippen LogP contribution in [0.15, 0.2) is 28.7 Å². The Morgan fingerprint density at radius 1 is 1.05 bits per heavy atom. The maximum atomic E-state index is 5.96. The molecule has 0 unspecified atom stereocenters.